The summed E-state index contributed by atoms with van der Waals surface area (Å²) in [7, 11) is -3.65. The molecule has 7 heteroatoms. The molecule has 1 aromatic rings. The Morgan fingerprint density at radius 3 is 2.35 bits per heavy atom. The Hall–Kier alpha value is -1.44. The summed E-state index contributed by atoms with van der Waals surface area (Å²) in [6.45, 7) is 0.427. The molecule has 0 aliphatic carbocycles. The number of benzene rings is 1. The van der Waals surface area contributed by atoms with Crippen LogP contribution >= 0.6 is 0 Å². The summed E-state index contributed by atoms with van der Waals surface area (Å²) in [5.74, 6) is -0.908. The molecule has 1 aromatic carbocycles. The smallest absolute Gasteiger partial charge is 0.317 e. The minimum Gasteiger partial charge on any atom is -0.480 e. The number of carboxylic acids is 1. The number of sulfonamides is 1. The van der Waals surface area contributed by atoms with Crippen molar-refractivity contribution in [1.82, 2.24) is 5.32 Å². The molecular weight excluding hydrogens is 244 g/mol. The number of nitrogens with one attached hydrogen (secondary N) is 1. The van der Waals surface area contributed by atoms with Gasteiger partial charge in [0.2, 0.25) is 10.0 Å². The molecular formula is C10H14N2O4S. The number of carboxylic acid groups (broad SMARTS) is 1. The van der Waals surface area contributed by atoms with E-state index >= 15 is 0 Å². The first-order chi connectivity index (χ1) is 7.89. The van der Waals surface area contributed by atoms with E-state index in [2.05, 4.69) is 5.32 Å². The third-order valence-electron chi connectivity index (χ3n) is 2.12. The van der Waals surface area contributed by atoms with Gasteiger partial charge in [-0.25, -0.2) is 13.6 Å². The third-order valence-corrected chi connectivity index (χ3v) is 3.05. The summed E-state index contributed by atoms with van der Waals surface area (Å²) in [6.07, 6.45) is 0.623. The predicted octanol–water partition coefficient (Wildman–Crippen LogP) is -0.449. The highest BCUT2D eigenvalue weighted by Gasteiger charge is 2.06. The quantitative estimate of drug-likeness (QED) is 0.599. The predicted molar refractivity (Wildman–Crippen MR) is 62.0 cm³/mol. The standard InChI is InChI=1S/C10H14N2O4S/c11-17(15,16)9-3-1-8(2-4-9)5-6-12-7-10(13)14/h1-4,12H,5-7H2,(H,13,14)(H2,11,15,16). The lowest BCUT2D eigenvalue weighted by molar-refractivity contribution is -0.135. The molecule has 0 aromatic heterocycles. The summed E-state index contributed by atoms with van der Waals surface area (Å²) >= 11 is 0. The van der Waals surface area contributed by atoms with Crippen LogP contribution in [0.4, 0.5) is 0 Å². The molecule has 0 heterocycles. The SMILES string of the molecule is NS(=O)(=O)c1ccc(CCNCC(=O)O)cc1. The van der Waals surface area contributed by atoms with Gasteiger partial charge in [0, 0.05) is 0 Å². The maximum absolute atomic E-state index is 11.0. The van der Waals surface area contributed by atoms with Gasteiger partial charge in [0.15, 0.2) is 0 Å². The molecule has 0 spiro atoms. The fraction of sp³-hybridized carbons (Fsp3) is 0.300. The molecule has 0 aliphatic rings. The lowest BCUT2D eigenvalue weighted by atomic mass is 10.1. The van der Waals surface area contributed by atoms with Crippen LogP contribution in [0.5, 0.6) is 0 Å². The Bertz CT molecular complexity index is 482. The van der Waals surface area contributed by atoms with E-state index < -0.39 is 16.0 Å². The van der Waals surface area contributed by atoms with Crippen LogP contribution in [0.15, 0.2) is 29.2 Å². The fourth-order valence-corrected chi connectivity index (χ4v) is 1.79. The van der Waals surface area contributed by atoms with Gasteiger partial charge in [0.05, 0.1) is 11.4 Å². The number of hydrogen-bond donors (Lipinski definition) is 3. The summed E-state index contributed by atoms with van der Waals surface area (Å²) in [4.78, 5) is 10.3. The van der Waals surface area contributed by atoms with E-state index in [1.807, 2.05) is 0 Å². The van der Waals surface area contributed by atoms with E-state index in [0.717, 1.165) is 5.56 Å². The number of primary sulfonamides is 1. The van der Waals surface area contributed by atoms with Crippen molar-refractivity contribution < 1.29 is 18.3 Å². The Balaban J connectivity index is 2.49. The second-order valence-electron chi connectivity index (χ2n) is 3.51. The zero-order chi connectivity index (χ0) is 12.9. The van der Waals surface area contributed by atoms with Gasteiger partial charge in [-0.15, -0.1) is 0 Å². The molecule has 4 N–H and O–H groups in total. The van der Waals surface area contributed by atoms with Crippen LogP contribution in [0.3, 0.4) is 0 Å². The fourth-order valence-electron chi connectivity index (χ4n) is 1.27. The number of aliphatic carboxylic acids is 1. The monoisotopic (exact) mass is 258 g/mol. The maximum Gasteiger partial charge on any atom is 0.317 e. The average molecular weight is 258 g/mol. The summed E-state index contributed by atoms with van der Waals surface area (Å²) in [5.41, 5.74) is 0.912. The molecule has 6 nitrogen and oxygen atoms in total. The Labute approximate surface area is 99.5 Å². The van der Waals surface area contributed by atoms with E-state index in [1.54, 1.807) is 12.1 Å². The largest absolute Gasteiger partial charge is 0.480 e. The van der Waals surface area contributed by atoms with Crippen LogP contribution in [-0.4, -0.2) is 32.6 Å². The molecule has 0 radical (unpaired) electrons. The van der Waals surface area contributed by atoms with Crippen LogP contribution in [-0.2, 0) is 21.2 Å². The topological polar surface area (TPSA) is 109 Å². The van der Waals surface area contributed by atoms with Crippen molar-refractivity contribution in [3.8, 4) is 0 Å². The van der Waals surface area contributed by atoms with Gasteiger partial charge in [0.25, 0.3) is 0 Å². The summed E-state index contributed by atoms with van der Waals surface area (Å²) in [6, 6.07) is 6.17. The van der Waals surface area contributed by atoms with E-state index in [-0.39, 0.29) is 11.4 Å². The van der Waals surface area contributed by atoms with E-state index in [1.165, 1.54) is 12.1 Å². The van der Waals surface area contributed by atoms with Crippen LogP contribution in [0, 0.1) is 0 Å². The van der Waals surface area contributed by atoms with Crippen molar-refractivity contribution in [2.24, 2.45) is 5.14 Å². The van der Waals surface area contributed by atoms with Gasteiger partial charge >= 0.3 is 5.97 Å². The zero-order valence-corrected chi connectivity index (χ0v) is 9.90. The van der Waals surface area contributed by atoms with Gasteiger partial charge in [0.1, 0.15) is 0 Å². The van der Waals surface area contributed by atoms with Gasteiger partial charge in [-0.05, 0) is 30.7 Å². The van der Waals surface area contributed by atoms with Crippen LogP contribution < -0.4 is 10.5 Å². The second kappa shape index (κ2) is 5.76. The second-order valence-corrected chi connectivity index (χ2v) is 5.07. The number of hydrogen-bond acceptors (Lipinski definition) is 4. The molecule has 17 heavy (non-hydrogen) atoms. The first-order valence-corrected chi connectivity index (χ1v) is 6.48. The van der Waals surface area contributed by atoms with Crippen LogP contribution in [0.1, 0.15) is 5.56 Å². The van der Waals surface area contributed by atoms with E-state index in [0.29, 0.717) is 13.0 Å². The van der Waals surface area contributed by atoms with Crippen molar-refractivity contribution in [2.45, 2.75) is 11.3 Å². The molecule has 0 saturated carbocycles. The highest BCUT2D eigenvalue weighted by Crippen LogP contribution is 2.08. The Morgan fingerprint density at radius 1 is 1.29 bits per heavy atom. The highest BCUT2D eigenvalue weighted by molar-refractivity contribution is 7.89. The third kappa shape index (κ3) is 4.94. The van der Waals surface area contributed by atoms with Crippen LogP contribution in [0.25, 0.3) is 0 Å². The minimum absolute atomic E-state index is 0.0692. The van der Waals surface area contributed by atoms with Gasteiger partial charge < -0.3 is 10.4 Å². The molecule has 1 rings (SSSR count). The lowest BCUT2D eigenvalue weighted by Crippen LogP contribution is -2.24. The van der Waals surface area contributed by atoms with Crippen LogP contribution in [0.2, 0.25) is 0 Å². The average Bonchev–Trinajstić information content (AvgIpc) is 2.23. The first kappa shape index (κ1) is 13.6. The maximum atomic E-state index is 11.0. The molecule has 0 fully saturated rings. The molecule has 94 valence electrons. The summed E-state index contributed by atoms with van der Waals surface area (Å²) in [5, 5.41) is 16.1. The normalized spacial score (nSPS) is 11.4. The number of rotatable bonds is 6. The Morgan fingerprint density at radius 2 is 1.88 bits per heavy atom. The van der Waals surface area contributed by atoms with Crippen molar-refractivity contribution in [1.29, 1.82) is 0 Å². The minimum atomic E-state index is -3.65. The van der Waals surface area contributed by atoms with Crippen molar-refractivity contribution in [2.75, 3.05) is 13.1 Å². The highest BCUT2D eigenvalue weighted by atomic mass is 32.2. The molecule has 0 atom stereocenters. The number of nitrogens with two attached hydrogens (primary N) is 1. The molecule has 0 unspecified atom stereocenters. The van der Waals surface area contributed by atoms with E-state index in [9.17, 15) is 13.2 Å². The van der Waals surface area contributed by atoms with E-state index in [4.69, 9.17) is 10.2 Å². The molecule has 0 bridgehead atoms. The number of carbonyl (C=O) groups is 1. The van der Waals surface area contributed by atoms with Gasteiger partial charge in [-0.1, -0.05) is 12.1 Å². The van der Waals surface area contributed by atoms with Gasteiger partial charge in [-0.3, -0.25) is 4.79 Å². The van der Waals surface area contributed by atoms with Crippen molar-refractivity contribution >= 4 is 16.0 Å². The lowest BCUT2D eigenvalue weighted by Gasteiger charge is -2.03. The zero-order valence-electron chi connectivity index (χ0n) is 9.09. The molecule has 0 saturated heterocycles. The molecule has 0 amide bonds. The Kier molecular flexibility index (Phi) is 4.62. The van der Waals surface area contributed by atoms with Crippen molar-refractivity contribution in [3.63, 3.8) is 0 Å². The summed E-state index contributed by atoms with van der Waals surface area (Å²) < 4.78 is 22.0. The van der Waals surface area contributed by atoms with Crippen molar-refractivity contribution in [3.05, 3.63) is 29.8 Å². The molecule has 0 aliphatic heterocycles. The van der Waals surface area contributed by atoms with Gasteiger partial charge in [-0.2, -0.15) is 0 Å². The first-order valence-electron chi connectivity index (χ1n) is 4.94.